The van der Waals surface area contributed by atoms with Crippen molar-refractivity contribution in [2.75, 3.05) is 26.7 Å². The molecule has 0 aliphatic carbocycles. The monoisotopic (exact) mass is 196 g/mol. The number of rotatable bonds is 6. The Bertz CT molecular complexity index is 189. The maximum Gasteiger partial charge on any atom is 0.0596 e. The van der Waals surface area contributed by atoms with Gasteiger partial charge >= 0.3 is 0 Å². The highest BCUT2D eigenvalue weighted by molar-refractivity contribution is 4.88. The molecule has 0 rings (SSSR count). The average Bonchev–Trinajstić information content (AvgIpc) is 2.00. The molecule has 0 aliphatic rings. The summed E-state index contributed by atoms with van der Waals surface area (Å²) >= 11 is 0. The van der Waals surface area contributed by atoms with E-state index in [1.807, 2.05) is 0 Å². The van der Waals surface area contributed by atoms with Crippen LogP contribution in [-0.4, -0.2) is 37.6 Å². The van der Waals surface area contributed by atoms with E-state index in [4.69, 9.17) is 6.42 Å². The number of nitrogens with one attached hydrogen (secondary N) is 1. The first-order valence-electron chi connectivity index (χ1n) is 5.23. The number of terminal acetylenes is 1. The van der Waals surface area contributed by atoms with Crippen molar-refractivity contribution in [3.8, 4) is 12.3 Å². The smallest absolute Gasteiger partial charge is 0.0596 e. The second-order valence-electron chi connectivity index (χ2n) is 5.08. The van der Waals surface area contributed by atoms with Gasteiger partial charge in [0.2, 0.25) is 0 Å². The second kappa shape index (κ2) is 6.06. The third kappa shape index (κ3) is 6.94. The van der Waals surface area contributed by atoms with Gasteiger partial charge in [-0.15, -0.1) is 6.42 Å². The molecule has 82 valence electrons. The summed E-state index contributed by atoms with van der Waals surface area (Å²) in [6.07, 6.45) is 5.26. The van der Waals surface area contributed by atoms with E-state index in [1.165, 1.54) is 0 Å². The van der Waals surface area contributed by atoms with Crippen LogP contribution in [0.4, 0.5) is 0 Å². The maximum absolute atomic E-state index is 5.26. The van der Waals surface area contributed by atoms with E-state index in [0.717, 1.165) is 19.6 Å². The van der Waals surface area contributed by atoms with Crippen molar-refractivity contribution in [1.82, 2.24) is 10.2 Å². The molecule has 0 aromatic rings. The van der Waals surface area contributed by atoms with Gasteiger partial charge in [-0.1, -0.05) is 33.6 Å². The van der Waals surface area contributed by atoms with Gasteiger partial charge in [-0.3, -0.25) is 4.90 Å². The Morgan fingerprint density at radius 3 is 2.43 bits per heavy atom. The van der Waals surface area contributed by atoms with Gasteiger partial charge in [-0.2, -0.15) is 0 Å². The highest BCUT2D eigenvalue weighted by Gasteiger charge is 2.19. The normalized spacial score (nSPS) is 12.1. The largest absolute Gasteiger partial charge is 0.314 e. The van der Waals surface area contributed by atoms with E-state index < -0.39 is 0 Å². The highest BCUT2D eigenvalue weighted by atomic mass is 15.1. The molecule has 0 amide bonds. The lowest BCUT2D eigenvalue weighted by molar-refractivity contribution is 0.216. The van der Waals surface area contributed by atoms with Gasteiger partial charge in [0, 0.05) is 19.1 Å². The first-order valence-corrected chi connectivity index (χ1v) is 5.23. The number of hydrogen-bond donors (Lipinski definition) is 1. The van der Waals surface area contributed by atoms with Crippen LogP contribution in [0.5, 0.6) is 0 Å². The fraction of sp³-hybridized carbons (Fsp3) is 0.833. The molecule has 0 saturated heterocycles. The molecule has 1 N–H and O–H groups in total. The number of hydrogen-bond acceptors (Lipinski definition) is 2. The number of nitrogens with zero attached hydrogens (tertiary/aromatic N) is 1. The molecule has 0 radical (unpaired) electrons. The van der Waals surface area contributed by atoms with Crippen LogP contribution in [0.25, 0.3) is 0 Å². The van der Waals surface area contributed by atoms with Crippen molar-refractivity contribution < 1.29 is 0 Å². The zero-order valence-corrected chi connectivity index (χ0v) is 10.2. The Balaban J connectivity index is 3.88. The van der Waals surface area contributed by atoms with E-state index in [9.17, 15) is 0 Å². The lowest BCUT2D eigenvalue weighted by atomic mass is 9.92. The summed E-state index contributed by atoms with van der Waals surface area (Å²) in [5.74, 6) is 2.66. The minimum absolute atomic E-state index is 0.274. The fourth-order valence-corrected chi connectivity index (χ4v) is 1.48. The average molecular weight is 196 g/mol. The molecule has 0 unspecified atom stereocenters. The molecule has 0 fully saturated rings. The molecule has 0 saturated carbocycles. The summed E-state index contributed by atoms with van der Waals surface area (Å²) in [5, 5.41) is 3.45. The Hall–Kier alpha value is -0.520. The minimum Gasteiger partial charge on any atom is -0.314 e. The zero-order chi connectivity index (χ0) is 11.2. The van der Waals surface area contributed by atoms with Crippen LogP contribution < -0.4 is 5.32 Å². The van der Waals surface area contributed by atoms with Crippen LogP contribution >= 0.6 is 0 Å². The topological polar surface area (TPSA) is 15.3 Å². The molecule has 0 aliphatic heterocycles. The molecular weight excluding hydrogens is 172 g/mol. The second-order valence-corrected chi connectivity index (χ2v) is 5.08. The molecule has 0 aromatic heterocycles. The van der Waals surface area contributed by atoms with Crippen LogP contribution in [0.1, 0.15) is 27.7 Å². The van der Waals surface area contributed by atoms with Gasteiger partial charge in [-0.25, -0.2) is 0 Å². The summed E-state index contributed by atoms with van der Waals surface area (Å²) in [7, 11) is 2.07. The van der Waals surface area contributed by atoms with Crippen LogP contribution in [-0.2, 0) is 0 Å². The molecule has 0 heterocycles. The van der Waals surface area contributed by atoms with E-state index in [-0.39, 0.29) is 5.41 Å². The maximum atomic E-state index is 5.26. The lowest BCUT2D eigenvalue weighted by Crippen LogP contribution is -2.41. The Morgan fingerprint density at radius 1 is 1.43 bits per heavy atom. The molecule has 0 spiro atoms. The van der Waals surface area contributed by atoms with Crippen molar-refractivity contribution in [3.05, 3.63) is 0 Å². The summed E-state index contributed by atoms with van der Waals surface area (Å²) in [6.45, 7) is 11.6. The van der Waals surface area contributed by atoms with E-state index in [1.54, 1.807) is 0 Å². The minimum atomic E-state index is 0.274. The molecule has 2 nitrogen and oxygen atoms in total. The summed E-state index contributed by atoms with van der Waals surface area (Å²) in [6, 6.07) is 0.548. The molecule has 0 atom stereocenters. The van der Waals surface area contributed by atoms with Gasteiger partial charge < -0.3 is 5.32 Å². The lowest BCUT2D eigenvalue weighted by Gasteiger charge is -2.30. The molecule has 14 heavy (non-hydrogen) atoms. The molecule has 2 heteroatoms. The summed E-state index contributed by atoms with van der Waals surface area (Å²) in [4.78, 5) is 2.18. The van der Waals surface area contributed by atoms with Crippen LogP contribution in [0.2, 0.25) is 0 Å². The SMILES string of the molecule is C#CCN(C)CC(C)(C)CNC(C)C. The van der Waals surface area contributed by atoms with Crippen molar-refractivity contribution in [2.45, 2.75) is 33.7 Å². The molecular formula is C12H24N2. The summed E-state index contributed by atoms with van der Waals surface area (Å²) in [5.41, 5.74) is 0.274. The predicted octanol–water partition coefficient (Wildman–Crippen LogP) is 1.58. The first-order chi connectivity index (χ1) is 6.37. The van der Waals surface area contributed by atoms with Crippen molar-refractivity contribution in [2.24, 2.45) is 5.41 Å². The molecule has 0 bridgehead atoms. The van der Waals surface area contributed by atoms with E-state index in [2.05, 4.69) is 50.9 Å². The van der Waals surface area contributed by atoms with Gasteiger partial charge in [0.15, 0.2) is 0 Å². The highest BCUT2D eigenvalue weighted by Crippen LogP contribution is 2.14. The van der Waals surface area contributed by atoms with Crippen LogP contribution in [0.3, 0.4) is 0 Å². The molecule has 0 aromatic carbocycles. The quantitative estimate of drug-likeness (QED) is 0.649. The van der Waals surface area contributed by atoms with E-state index >= 15 is 0 Å². The first kappa shape index (κ1) is 13.5. The standard InChI is InChI=1S/C12H24N2/c1-7-8-14(6)10-12(4,5)9-13-11(2)3/h1,11,13H,8-10H2,2-6H3. The van der Waals surface area contributed by atoms with Gasteiger partial charge in [0.1, 0.15) is 0 Å². The Kier molecular flexibility index (Phi) is 5.83. The Morgan fingerprint density at radius 2 is 2.00 bits per heavy atom. The van der Waals surface area contributed by atoms with E-state index in [0.29, 0.717) is 6.04 Å². The fourth-order valence-electron chi connectivity index (χ4n) is 1.48. The third-order valence-corrected chi connectivity index (χ3v) is 2.05. The van der Waals surface area contributed by atoms with Crippen molar-refractivity contribution in [3.63, 3.8) is 0 Å². The predicted molar refractivity (Wildman–Crippen MR) is 63.2 cm³/mol. The Labute approximate surface area is 89.1 Å². The zero-order valence-electron chi connectivity index (χ0n) is 10.2. The summed E-state index contributed by atoms with van der Waals surface area (Å²) < 4.78 is 0. The van der Waals surface area contributed by atoms with Crippen LogP contribution in [0.15, 0.2) is 0 Å². The van der Waals surface area contributed by atoms with Gasteiger partial charge in [-0.05, 0) is 12.5 Å². The van der Waals surface area contributed by atoms with Crippen LogP contribution in [0, 0.1) is 17.8 Å². The van der Waals surface area contributed by atoms with Crippen molar-refractivity contribution in [1.29, 1.82) is 0 Å². The van der Waals surface area contributed by atoms with Crippen molar-refractivity contribution >= 4 is 0 Å². The van der Waals surface area contributed by atoms with Gasteiger partial charge in [0.25, 0.3) is 0 Å². The third-order valence-electron chi connectivity index (χ3n) is 2.05. The van der Waals surface area contributed by atoms with Gasteiger partial charge in [0.05, 0.1) is 6.54 Å².